The van der Waals surface area contributed by atoms with Crippen LogP contribution in [0.15, 0.2) is 122 Å². The Kier molecular flexibility index (Phi) is 43.5. The van der Waals surface area contributed by atoms with Crippen LogP contribution in [-0.2, 0) is 14.3 Å². The van der Waals surface area contributed by atoms with Gasteiger partial charge in [-0.25, -0.2) is 0 Å². The van der Waals surface area contributed by atoms with Crippen LogP contribution in [0.5, 0.6) is 0 Å². The number of allylic oxidation sites excluding steroid dienone is 19. The van der Waals surface area contributed by atoms with Gasteiger partial charge in [0.25, 0.3) is 0 Å². The average molecular weight is 948 g/mol. The lowest BCUT2D eigenvalue weighted by molar-refractivity contribution is -0.302. The average Bonchev–Trinajstić information content (AvgIpc) is 3.34. The largest absolute Gasteiger partial charge is 0.394 e. The third-order valence-electron chi connectivity index (χ3n) is 11.8. The van der Waals surface area contributed by atoms with Crippen molar-refractivity contribution in [3.63, 3.8) is 0 Å². The maximum atomic E-state index is 13.0. The van der Waals surface area contributed by atoms with E-state index in [-0.39, 0.29) is 18.9 Å². The number of aliphatic hydroxyl groups excluding tert-OH is 5. The predicted octanol–water partition coefficient (Wildman–Crippen LogP) is 12.8. The monoisotopic (exact) mass is 948 g/mol. The zero-order valence-corrected chi connectivity index (χ0v) is 42.6. The minimum atomic E-state index is -1.58. The van der Waals surface area contributed by atoms with E-state index >= 15 is 0 Å². The van der Waals surface area contributed by atoms with E-state index in [9.17, 15) is 30.3 Å². The van der Waals surface area contributed by atoms with Crippen molar-refractivity contribution in [2.75, 3.05) is 13.2 Å². The van der Waals surface area contributed by atoms with Crippen LogP contribution in [0.4, 0.5) is 0 Å². The normalized spacial score (nSPS) is 20.6. The Morgan fingerprint density at radius 2 is 0.912 bits per heavy atom. The van der Waals surface area contributed by atoms with Crippen LogP contribution in [0.25, 0.3) is 0 Å². The van der Waals surface area contributed by atoms with E-state index in [1.807, 2.05) is 6.08 Å². The number of amides is 1. The van der Waals surface area contributed by atoms with E-state index in [4.69, 9.17) is 9.47 Å². The second-order valence-corrected chi connectivity index (χ2v) is 17.9. The Morgan fingerprint density at radius 1 is 0.515 bits per heavy atom. The summed E-state index contributed by atoms with van der Waals surface area (Å²) >= 11 is 0. The van der Waals surface area contributed by atoms with Crippen LogP contribution in [0.2, 0.25) is 0 Å². The van der Waals surface area contributed by atoms with Gasteiger partial charge in [0.2, 0.25) is 5.91 Å². The molecule has 0 bridgehead atoms. The Labute approximate surface area is 414 Å². The Balaban J connectivity index is 2.33. The van der Waals surface area contributed by atoms with Gasteiger partial charge in [0.1, 0.15) is 24.4 Å². The van der Waals surface area contributed by atoms with Gasteiger partial charge in [-0.2, -0.15) is 0 Å². The molecule has 0 aromatic rings. The van der Waals surface area contributed by atoms with E-state index in [1.54, 1.807) is 6.08 Å². The van der Waals surface area contributed by atoms with E-state index in [0.717, 1.165) is 83.5 Å². The molecule has 9 heteroatoms. The second kappa shape index (κ2) is 47.3. The minimum Gasteiger partial charge on any atom is -0.394 e. The standard InChI is InChI=1S/C59H97NO8/c1-3-5-7-9-11-13-15-17-19-21-22-23-24-25-26-27-28-29-30-31-32-33-35-37-39-41-43-45-47-49-55(63)60-52(51-67-59-58(66)57(65)56(64)54(50-61)68-59)53(62)48-46-44-42-40-38-36-34-20-18-16-14-12-10-8-6-4-2/h5,7,11,13,17,19,22-23,25-26,28-29,31-32,35,37,41,43,46,48,52-54,56-59,61-62,64-66H,3-4,6,8-10,12,14-16,18,20-21,24,27,30,33-34,36,38-40,42,44-45,47,49-51H2,1-2H3,(H,60,63)/b7-5-,13-11-,19-17-,23-22-,26-25-,29-28-,32-31-,37-35-,43-41-,48-46+. The van der Waals surface area contributed by atoms with Gasteiger partial charge in [-0.05, 0) is 83.5 Å². The highest BCUT2D eigenvalue weighted by molar-refractivity contribution is 5.76. The molecule has 0 saturated carbocycles. The number of aliphatic hydroxyl groups is 5. The van der Waals surface area contributed by atoms with Crippen LogP contribution < -0.4 is 5.32 Å². The summed E-state index contributed by atoms with van der Waals surface area (Å²) in [6.45, 7) is 3.61. The van der Waals surface area contributed by atoms with Crippen molar-refractivity contribution in [2.24, 2.45) is 0 Å². The molecule has 0 radical (unpaired) electrons. The molecule has 7 unspecified atom stereocenters. The summed E-state index contributed by atoms with van der Waals surface area (Å²) in [5, 5.41) is 54.3. The summed E-state index contributed by atoms with van der Waals surface area (Å²) in [5.74, 6) is -0.240. The quantitative estimate of drug-likeness (QED) is 0.0261. The van der Waals surface area contributed by atoms with Gasteiger partial charge in [-0.1, -0.05) is 219 Å². The Morgan fingerprint density at radius 3 is 1.34 bits per heavy atom. The molecule has 68 heavy (non-hydrogen) atoms. The lowest BCUT2D eigenvalue weighted by Crippen LogP contribution is -2.60. The molecule has 0 aliphatic carbocycles. The third-order valence-corrected chi connectivity index (χ3v) is 11.8. The SMILES string of the molecule is CC/C=C\C/C=C\C/C=C\C/C=C\C/C=C\C/C=C\C/C=C\C/C=C\C/C=C\CCCC(=O)NC(COC1OC(CO)C(O)C(O)C1O)C(O)/C=C/CCCCCCCCCCCCCCCC. The third kappa shape index (κ3) is 36.6. The van der Waals surface area contributed by atoms with Crippen molar-refractivity contribution in [1.82, 2.24) is 5.32 Å². The maximum Gasteiger partial charge on any atom is 0.220 e. The molecule has 1 fully saturated rings. The molecule has 1 aliphatic heterocycles. The van der Waals surface area contributed by atoms with E-state index in [1.165, 1.54) is 77.0 Å². The minimum absolute atomic E-state index is 0.220. The molecule has 1 aliphatic rings. The van der Waals surface area contributed by atoms with Crippen LogP contribution in [0.1, 0.15) is 187 Å². The highest BCUT2D eigenvalue weighted by Gasteiger charge is 2.44. The fourth-order valence-electron chi connectivity index (χ4n) is 7.57. The summed E-state index contributed by atoms with van der Waals surface area (Å²) in [4.78, 5) is 13.0. The van der Waals surface area contributed by atoms with Gasteiger partial charge < -0.3 is 40.3 Å². The van der Waals surface area contributed by atoms with Crippen molar-refractivity contribution >= 4 is 5.91 Å². The first kappa shape index (κ1) is 62.6. The lowest BCUT2D eigenvalue weighted by Gasteiger charge is -2.40. The first-order valence-electron chi connectivity index (χ1n) is 26.8. The molecule has 1 saturated heterocycles. The van der Waals surface area contributed by atoms with Crippen molar-refractivity contribution in [1.29, 1.82) is 0 Å². The molecule has 1 amide bonds. The summed E-state index contributed by atoms with van der Waals surface area (Å²) in [6, 6.07) is -0.845. The van der Waals surface area contributed by atoms with Gasteiger partial charge >= 0.3 is 0 Å². The van der Waals surface area contributed by atoms with E-state index in [2.05, 4.69) is 129 Å². The van der Waals surface area contributed by atoms with Crippen molar-refractivity contribution in [3.05, 3.63) is 122 Å². The van der Waals surface area contributed by atoms with Gasteiger partial charge in [0.05, 0.1) is 25.4 Å². The molecule has 9 nitrogen and oxygen atoms in total. The fraction of sp³-hybridized carbons (Fsp3) is 0.644. The van der Waals surface area contributed by atoms with Crippen LogP contribution in [0, 0.1) is 0 Å². The second-order valence-electron chi connectivity index (χ2n) is 17.9. The molecule has 386 valence electrons. The molecular formula is C59H97NO8. The van der Waals surface area contributed by atoms with Gasteiger partial charge in [0, 0.05) is 6.42 Å². The number of carbonyl (C=O) groups is 1. The number of nitrogens with one attached hydrogen (secondary N) is 1. The summed E-state index contributed by atoms with van der Waals surface area (Å²) < 4.78 is 11.2. The molecule has 0 spiro atoms. The molecule has 1 heterocycles. The summed E-state index contributed by atoms with van der Waals surface area (Å²) in [6.07, 6.45) is 63.9. The molecule has 0 aromatic heterocycles. The predicted molar refractivity (Wildman–Crippen MR) is 285 cm³/mol. The molecular weight excluding hydrogens is 851 g/mol. The smallest absolute Gasteiger partial charge is 0.220 e. The van der Waals surface area contributed by atoms with Crippen LogP contribution in [0.3, 0.4) is 0 Å². The topological polar surface area (TPSA) is 149 Å². The number of unbranched alkanes of at least 4 members (excludes halogenated alkanes) is 15. The van der Waals surface area contributed by atoms with Gasteiger partial charge in [-0.3, -0.25) is 4.79 Å². The maximum absolute atomic E-state index is 13.0. The summed E-state index contributed by atoms with van der Waals surface area (Å²) in [5.41, 5.74) is 0. The number of hydrogen-bond donors (Lipinski definition) is 6. The van der Waals surface area contributed by atoms with E-state index in [0.29, 0.717) is 6.42 Å². The summed E-state index contributed by atoms with van der Waals surface area (Å²) in [7, 11) is 0. The van der Waals surface area contributed by atoms with Crippen molar-refractivity contribution in [3.8, 4) is 0 Å². The highest BCUT2D eigenvalue weighted by Crippen LogP contribution is 2.22. The molecule has 0 aromatic carbocycles. The van der Waals surface area contributed by atoms with Gasteiger partial charge in [-0.15, -0.1) is 0 Å². The van der Waals surface area contributed by atoms with Crippen molar-refractivity contribution < 1.29 is 39.8 Å². The zero-order valence-electron chi connectivity index (χ0n) is 42.6. The fourth-order valence-corrected chi connectivity index (χ4v) is 7.57. The number of rotatable bonds is 43. The number of carbonyl (C=O) groups excluding carboxylic acids is 1. The first-order valence-corrected chi connectivity index (χ1v) is 26.8. The Bertz CT molecular complexity index is 1470. The van der Waals surface area contributed by atoms with Gasteiger partial charge in [0.15, 0.2) is 6.29 Å². The number of hydrogen-bond acceptors (Lipinski definition) is 8. The molecule has 6 N–H and O–H groups in total. The lowest BCUT2D eigenvalue weighted by atomic mass is 9.99. The molecule has 7 atom stereocenters. The Hall–Kier alpha value is -3.41. The van der Waals surface area contributed by atoms with Crippen LogP contribution in [-0.4, -0.2) is 87.5 Å². The van der Waals surface area contributed by atoms with Crippen LogP contribution >= 0.6 is 0 Å². The zero-order chi connectivity index (χ0) is 49.4. The first-order chi connectivity index (χ1) is 33.3. The highest BCUT2D eigenvalue weighted by atomic mass is 16.7. The number of ether oxygens (including phenoxy) is 2. The van der Waals surface area contributed by atoms with Crippen molar-refractivity contribution in [2.45, 2.75) is 230 Å². The van der Waals surface area contributed by atoms with E-state index < -0.39 is 49.5 Å². The molecule has 1 rings (SSSR count).